The topological polar surface area (TPSA) is 15.3 Å². The van der Waals surface area contributed by atoms with Crippen LogP contribution < -0.4 is 10.2 Å². The molecule has 2 nitrogen and oxygen atoms in total. The van der Waals surface area contributed by atoms with Gasteiger partial charge in [-0.25, -0.2) is 0 Å². The molecule has 2 aliphatic rings. The molecule has 0 spiro atoms. The van der Waals surface area contributed by atoms with Gasteiger partial charge in [0.25, 0.3) is 0 Å². The van der Waals surface area contributed by atoms with Gasteiger partial charge in [0.1, 0.15) is 0 Å². The Balaban J connectivity index is 1.70. The molecule has 2 fully saturated rings. The molecule has 1 atom stereocenters. The Bertz CT molecular complexity index is 420. The van der Waals surface area contributed by atoms with Gasteiger partial charge in [0.15, 0.2) is 0 Å². The summed E-state index contributed by atoms with van der Waals surface area (Å²) in [5, 5.41) is 4.49. The van der Waals surface area contributed by atoms with E-state index in [0.29, 0.717) is 6.04 Å². The van der Waals surface area contributed by atoms with E-state index in [4.69, 9.17) is 11.6 Å². The molecule has 17 heavy (non-hydrogen) atoms. The van der Waals surface area contributed by atoms with Crippen LogP contribution in [0.2, 0.25) is 5.02 Å². The first-order chi connectivity index (χ1) is 8.24. The summed E-state index contributed by atoms with van der Waals surface area (Å²) in [5.41, 5.74) is 1.22. The first-order valence-electron chi connectivity index (χ1n) is 6.19. The molecule has 0 amide bonds. The van der Waals surface area contributed by atoms with Crippen molar-refractivity contribution < 1.29 is 0 Å². The number of anilines is 1. The van der Waals surface area contributed by atoms with E-state index in [9.17, 15) is 0 Å². The SMILES string of the molecule is Clc1cccc(N2CCC(NC3CC3)C2)c1Br. The molecule has 3 rings (SSSR count). The highest BCUT2D eigenvalue weighted by atomic mass is 79.9. The predicted octanol–water partition coefficient (Wildman–Crippen LogP) is 3.43. The van der Waals surface area contributed by atoms with Crippen LogP contribution in [0, 0.1) is 0 Å². The smallest absolute Gasteiger partial charge is 0.0595 e. The Kier molecular flexibility index (Phi) is 3.33. The lowest BCUT2D eigenvalue weighted by atomic mass is 10.2. The molecule has 1 saturated carbocycles. The Morgan fingerprint density at radius 3 is 2.82 bits per heavy atom. The van der Waals surface area contributed by atoms with Crippen LogP contribution in [0.15, 0.2) is 22.7 Å². The summed E-state index contributed by atoms with van der Waals surface area (Å²) in [6.07, 6.45) is 3.95. The van der Waals surface area contributed by atoms with Gasteiger partial charge in [0.2, 0.25) is 0 Å². The van der Waals surface area contributed by atoms with Gasteiger partial charge >= 0.3 is 0 Å². The Morgan fingerprint density at radius 2 is 2.06 bits per heavy atom. The molecule has 1 aromatic rings. The van der Waals surface area contributed by atoms with Crippen LogP contribution in [-0.4, -0.2) is 25.2 Å². The zero-order valence-electron chi connectivity index (χ0n) is 9.63. The van der Waals surface area contributed by atoms with Gasteiger partial charge in [-0.1, -0.05) is 17.7 Å². The summed E-state index contributed by atoms with van der Waals surface area (Å²) in [7, 11) is 0. The fourth-order valence-electron chi connectivity index (χ4n) is 2.44. The summed E-state index contributed by atoms with van der Waals surface area (Å²) in [5.74, 6) is 0. The van der Waals surface area contributed by atoms with Gasteiger partial charge in [0.05, 0.1) is 15.2 Å². The molecular weight excluding hydrogens is 300 g/mol. The fraction of sp³-hybridized carbons (Fsp3) is 0.538. The lowest BCUT2D eigenvalue weighted by Crippen LogP contribution is -2.34. The number of rotatable bonds is 3. The van der Waals surface area contributed by atoms with Crippen molar-refractivity contribution in [3.05, 3.63) is 27.7 Å². The van der Waals surface area contributed by atoms with E-state index in [1.807, 2.05) is 12.1 Å². The van der Waals surface area contributed by atoms with E-state index in [-0.39, 0.29) is 0 Å². The molecule has 1 unspecified atom stereocenters. The van der Waals surface area contributed by atoms with Crippen LogP contribution in [0.25, 0.3) is 0 Å². The van der Waals surface area contributed by atoms with Crippen LogP contribution in [0.5, 0.6) is 0 Å². The largest absolute Gasteiger partial charge is 0.369 e. The Labute approximate surface area is 115 Å². The standard InChI is InChI=1S/C13H16BrClN2/c14-13-11(15)2-1-3-12(13)17-7-6-10(8-17)16-9-4-5-9/h1-3,9-10,16H,4-8H2. The Hall–Kier alpha value is -0.250. The van der Waals surface area contributed by atoms with Crippen molar-refractivity contribution >= 4 is 33.2 Å². The van der Waals surface area contributed by atoms with E-state index >= 15 is 0 Å². The molecule has 1 heterocycles. The molecule has 92 valence electrons. The van der Waals surface area contributed by atoms with Gasteiger partial charge < -0.3 is 10.2 Å². The monoisotopic (exact) mass is 314 g/mol. The lowest BCUT2D eigenvalue weighted by Gasteiger charge is -2.21. The molecule has 1 N–H and O–H groups in total. The molecule has 0 bridgehead atoms. The van der Waals surface area contributed by atoms with E-state index in [2.05, 4.69) is 32.2 Å². The zero-order chi connectivity index (χ0) is 11.8. The maximum atomic E-state index is 6.13. The van der Waals surface area contributed by atoms with Crippen molar-refractivity contribution in [2.24, 2.45) is 0 Å². The number of nitrogens with one attached hydrogen (secondary N) is 1. The second-order valence-corrected chi connectivity index (χ2v) is 6.15. The highest BCUT2D eigenvalue weighted by Crippen LogP contribution is 2.34. The minimum Gasteiger partial charge on any atom is -0.369 e. The third-order valence-corrected chi connectivity index (χ3v) is 4.89. The van der Waals surface area contributed by atoms with Crippen LogP contribution in [-0.2, 0) is 0 Å². The van der Waals surface area contributed by atoms with Crippen molar-refractivity contribution in [3.63, 3.8) is 0 Å². The van der Waals surface area contributed by atoms with E-state index in [1.165, 1.54) is 24.9 Å². The fourth-order valence-corrected chi connectivity index (χ4v) is 3.12. The number of hydrogen-bond donors (Lipinski definition) is 1. The van der Waals surface area contributed by atoms with Crippen LogP contribution in [0.4, 0.5) is 5.69 Å². The molecule has 1 saturated heterocycles. The number of hydrogen-bond acceptors (Lipinski definition) is 2. The van der Waals surface area contributed by atoms with Crippen molar-refractivity contribution in [2.45, 2.75) is 31.3 Å². The number of nitrogens with zero attached hydrogens (tertiary/aromatic N) is 1. The lowest BCUT2D eigenvalue weighted by molar-refractivity contribution is 0.548. The first kappa shape index (κ1) is 11.8. The van der Waals surface area contributed by atoms with E-state index in [0.717, 1.165) is 28.6 Å². The predicted molar refractivity (Wildman–Crippen MR) is 75.9 cm³/mol. The summed E-state index contributed by atoms with van der Waals surface area (Å²) >= 11 is 9.71. The first-order valence-corrected chi connectivity index (χ1v) is 7.36. The quantitative estimate of drug-likeness (QED) is 0.919. The molecule has 1 aliphatic carbocycles. The second kappa shape index (κ2) is 4.79. The van der Waals surface area contributed by atoms with Gasteiger partial charge in [-0.05, 0) is 47.3 Å². The van der Waals surface area contributed by atoms with E-state index < -0.39 is 0 Å². The molecule has 4 heteroatoms. The van der Waals surface area contributed by atoms with E-state index in [1.54, 1.807) is 0 Å². The highest BCUT2D eigenvalue weighted by molar-refractivity contribution is 9.10. The third-order valence-electron chi connectivity index (χ3n) is 3.51. The normalized spacial score (nSPS) is 24.4. The maximum absolute atomic E-state index is 6.13. The number of halogens is 2. The van der Waals surface area contributed by atoms with Crippen LogP contribution in [0.1, 0.15) is 19.3 Å². The molecule has 0 radical (unpaired) electrons. The molecule has 1 aromatic carbocycles. The molecule has 1 aliphatic heterocycles. The summed E-state index contributed by atoms with van der Waals surface area (Å²) in [6, 6.07) is 7.51. The van der Waals surface area contributed by atoms with Crippen molar-refractivity contribution in [3.8, 4) is 0 Å². The Morgan fingerprint density at radius 1 is 1.24 bits per heavy atom. The van der Waals surface area contributed by atoms with Gasteiger partial charge in [-0.2, -0.15) is 0 Å². The minimum atomic E-state index is 0.647. The molecule has 0 aromatic heterocycles. The maximum Gasteiger partial charge on any atom is 0.0595 e. The average molecular weight is 316 g/mol. The summed E-state index contributed by atoms with van der Waals surface area (Å²) in [4.78, 5) is 2.41. The average Bonchev–Trinajstić information content (AvgIpc) is 3.00. The minimum absolute atomic E-state index is 0.647. The van der Waals surface area contributed by atoms with Crippen LogP contribution in [0.3, 0.4) is 0 Å². The molecular formula is C13H16BrClN2. The van der Waals surface area contributed by atoms with Gasteiger partial charge in [0, 0.05) is 25.2 Å². The summed E-state index contributed by atoms with van der Waals surface area (Å²) in [6.45, 7) is 2.21. The third kappa shape index (κ3) is 2.61. The van der Waals surface area contributed by atoms with Crippen LogP contribution >= 0.6 is 27.5 Å². The van der Waals surface area contributed by atoms with Gasteiger partial charge in [-0.15, -0.1) is 0 Å². The van der Waals surface area contributed by atoms with Gasteiger partial charge in [-0.3, -0.25) is 0 Å². The summed E-state index contributed by atoms with van der Waals surface area (Å²) < 4.78 is 1.02. The zero-order valence-corrected chi connectivity index (χ0v) is 12.0. The second-order valence-electron chi connectivity index (χ2n) is 4.95. The van der Waals surface area contributed by atoms with Crippen molar-refractivity contribution in [1.82, 2.24) is 5.32 Å². The van der Waals surface area contributed by atoms with Crippen molar-refractivity contribution in [1.29, 1.82) is 0 Å². The highest BCUT2D eigenvalue weighted by Gasteiger charge is 2.29. The number of benzene rings is 1. The van der Waals surface area contributed by atoms with Crippen molar-refractivity contribution in [2.75, 3.05) is 18.0 Å².